The van der Waals surface area contributed by atoms with Gasteiger partial charge in [0.25, 0.3) is 5.91 Å². The average molecular weight is 363 g/mol. The lowest BCUT2D eigenvalue weighted by Crippen LogP contribution is -2.39. The van der Waals surface area contributed by atoms with Gasteiger partial charge >= 0.3 is 0 Å². The number of hydrogen-bond acceptors (Lipinski definition) is 6. The fraction of sp³-hybridized carbons (Fsp3) is 0.350. The minimum Gasteiger partial charge on any atom is -0.361 e. The van der Waals surface area contributed by atoms with Crippen molar-refractivity contribution in [1.82, 2.24) is 25.0 Å². The molecule has 138 valence electrons. The third-order valence-electron chi connectivity index (χ3n) is 5.08. The molecular weight excluding hydrogens is 342 g/mol. The largest absolute Gasteiger partial charge is 0.361 e. The SMILES string of the molecule is Cc1noc(C)c1C(=O)N1CCC[C@H](c2ncncc2-c2ccncc2)C1. The van der Waals surface area contributed by atoms with Crippen LogP contribution in [0.25, 0.3) is 11.1 Å². The van der Waals surface area contributed by atoms with Crippen LogP contribution in [0.2, 0.25) is 0 Å². The second-order valence-corrected chi connectivity index (χ2v) is 6.85. The normalized spacial score (nSPS) is 17.1. The van der Waals surface area contributed by atoms with Gasteiger partial charge in [0, 0.05) is 43.2 Å². The zero-order chi connectivity index (χ0) is 18.8. The van der Waals surface area contributed by atoms with E-state index in [0.29, 0.717) is 23.6 Å². The quantitative estimate of drug-likeness (QED) is 0.710. The van der Waals surface area contributed by atoms with Crippen LogP contribution < -0.4 is 0 Å². The van der Waals surface area contributed by atoms with E-state index in [2.05, 4.69) is 20.1 Å². The van der Waals surface area contributed by atoms with Gasteiger partial charge in [-0.15, -0.1) is 0 Å². The number of rotatable bonds is 3. The smallest absolute Gasteiger partial charge is 0.259 e. The summed E-state index contributed by atoms with van der Waals surface area (Å²) in [5.41, 5.74) is 4.23. The van der Waals surface area contributed by atoms with Crippen molar-refractivity contribution in [1.29, 1.82) is 0 Å². The summed E-state index contributed by atoms with van der Waals surface area (Å²) >= 11 is 0. The van der Waals surface area contributed by atoms with Crippen LogP contribution in [0.5, 0.6) is 0 Å². The van der Waals surface area contributed by atoms with E-state index in [9.17, 15) is 4.79 Å². The number of aryl methyl sites for hydroxylation is 2. The Morgan fingerprint density at radius 2 is 2.04 bits per heavy atom. The van der Waals surface area contributed by atoms with Crippen LogP contribution in [0.3, 0.4) is 0 Å². The highest BCUT2D eigenvalue weighted by molar-refractivity contribution is 5.96. The maximum absolute atomic E-state index is 13.0. The maximum Gasteiger partial charge on any atom is 0.259 e. The van der Waals surface area contributed by atoms with Gasteiger partial charge in [0.1, 0.15) is 17.7 Å². The van der Waals surface area contributed by atoms with Gasteiger partial charge in [0.2, 0.25) is 0 Å². The maximum atomic E-state index is 13.0. The first-order valence-corrected chi connectivity index (χ1v) is 9.07. The summed E-state index contributed by atoms with van der Waals surface area (Å²) in [4.78, 5) is 27.8. The van der Waals surface area contributed by atoms with Gasteiger partial charge in [-0.05, 0) is 44.4 Å². The molecule has 0 N–H and O–H groups in total. The van der Waals surface area contributed by atoms with Gasteiger partial charge in [0.15, 0.2) is 0 Å². The standard InChI is InChI=1S/C20H21N5O2/c1-13-18(14(2)27-24-13)20(26)25-9-3-4-16(11-25)19-17(10-22-12-23-19)15-5-7-21-8-6-15/h5-8,10,12,16H,3-4,9,11H2,1-2H3/t16-/m0/s1. The molecule has 1 atom stereocenters. The van der Waals surface area contributed by atoms with E-state index in [1.54, 1.807) is 32.6 Å². The molecule has 0 aliphatic carbocycles. The first-order valence-electron chi connectivity index (χ1n) is 9.07. The van der Waals surface area contributed by atoms with Gasteiger partial charge in [0.05, 0.1) is 11.4 Å². The number of carbonyl (C=O) groups excluding carboxylic acids is 1. The van der Waals surface area contributed by atoms with E-state index in [1.165, 1.54) is 0 Å². The summed E-state index contributed by atoms with van der Waals surface area (Å²) in [7, 11) is 0. The lowest BCUT2D eigenvalue weighted by molar-refractivity contribution is 0.0703. The molecule has 0 bridgehead atoms. The Morgan fingerprint density at radius 1 is 1.22 bits per heavy atom. The molecule has 27 heavy (non-hydrogen) atoms. The summed E-state index contributed by atoms with van der Waals surface area (Å²) in [5, 5.41) is 3.91. The minimum absolute atomic E-state index is 0.0181. The molecule has 1 saturated heterocycles. The van der Waals surface area contributed by atoms with E-state index in [1.807, 2.05) is 23.2 Å². The molecule has 7 heteroatoms. The molecule has 3 aromatic rings. The molecule has 4 heterocycles. The van der Waals surface area contributed by atoms with Crippen LogP contribution >= 0.6 is 0 Å². The van der Waals surface area contributed by atoms with Gasteiger partial charge in [-0.3, -0.25) is 9.78 Å². The number of amides is 1. The number of pyridine rings is 1. The number of likely N-dealkylation sites (tertiary alicyclic amines) is 1. The molecule has 3 aromatic heterocycles. The molecule has 7 nitrogen and oxygen atoms in total. The summed E-state index contributed by atoms with van der Waals surface area (Å²) in [6.07, 6.45) is 8.86. The Hall–Kier alpha value is -3.09. The number of piperidine rings is 1. The Labute approximate surface area is 157 Å². The monoisotopic (exact) mass is 363 g/mol. The number of carbonyl (C=O) groups is 1. The Morgan fingerprint density at radius 3 is 2.78 bits per heavy atom. The van der Waals surface area contributed by atoms with Crippen molar-refractivity contribution in [3.63, 3.8) is 0 Å². The van der Waals surface area contributed by atoms with Gasteiger partial charge < -0.3 is 9.42 Å². The minimum atomic E-state index is -0.0181. The molecule has 1 aliphatic heterocycles. The van der Waals surface area contributed by atoms with Crippen molar-refractivity contribution in [3.8, 4) is 11.1 Å². The van der Waals surface area contributed by atoms with Crippen molar-refractivity contribution in [2.75, 3.05) is 13.1 Å². The van der Waals surface area contributed by atoms with Crippen molar-refractivity contribution >= 4 is 5.91 Å². The van der Waals surface area contributed by atoms with E-state index in [0.717, 1.165) is 36.2 Å². The summed E-state index contributed by atoms with van der Waals surface area (Å²) in [5.74, 6) is 0.712. The van der Waals surface area contributed by atoms with Crippen molar-refractivity contribution < 1.29 is 9.32 Å². The first kappa shape index (κ1) is 17.3. The third-order valence-corrected chi connectivity index (χ3v) is 5.08. The second kappa shape index (κ2) is 7.26. The molecule has 4 rings (SSSR count). The van der Waals surface area contributed by atoms with Crippen LogP contribution in [0.4, 0.5) is 0 Å². The van der Waals surface area contributed by atoms with E-state index < -0.39 is 0 Å². The van der Waals surface area contributed by atoms with Crippen LogP contribution in [0, 0.1) is 13.8 Å². The molecule has 1 aliphatic rings. The molecule has 1 fully saturated rings. The number of hydrogen-bond donors (Lipinski definition) is 0. The Bertz CT molecular complexity index is 935. The summed E-state index contributed by atoms with van der Waals surface area (Å²) in [6.45, 7) is 4.94. The van der Waals surface area contributed by atoms with Gasteiger partial charge in [-0.1, -0.05) is 5.16 Å². The first-order chi connectivity index (χ1) is 13.1. The third kappa shape index (κ3) is 3.32. The molecule has 0 unspecified atom stereocenters. The second-order valence-electron chi connectivity index (χ2n) is 6.85. The van der Waals surface area contributed by atoms with Crippen LogP contribution in [-0.4, -0.2) is 44.0 Å². The van der Waals surface area contributed by atoms with Crippen LogP contribution in [0.15, 0.2) is 41.6 Å². The van der Waals surface area contributed by atoms with Crippen molar-refractivity contribution in [3.05, 3.63) is 59.8 Å². The molecule has 0 spiro atoms. The van der Waals surface area contributed by atoms with E-state index in [4.69, 9.17) is 4.52 Å². The molecule has 0 saturated carbocycles. The lowest BCUT2D eigenvalue weighted by Gasteiger charge is -2.33. The molecule has 0 aromatic carbocycles. The summed E-state index contributed by atoms with van der Waals surface area (Å²) in [6, 6.07) is 3.91. The fourth-order valence-electron chi connectivity index (χ4n) is 3.75. The predicted molar refractivity (Wildman–Crippen MR) is 99.1 cm³/mol. The van der Waals surface area contributed by atoms with Crippen LogP contribution in [-0.2, 0) is 0 Å². The highest BCUT2D eigenvalue weighted by Crippen LogP contribution is 2.33. The zero-order valence-corrected chi connectivity index (χ0v) is 15.4. The predicted octanol–water partition coefficient (Wildman–Crippen LogP) is 3.16. The molecule has 0 radical (unpaired) electrons. The zero-order valence-electron chi connectivity index (χ0n) is 15.4. The highest BCUT2D eigenvalue weighted by Gasteiger charge is 2.30. The Balaban J connectivity index is 1.62. The average Bonchev–Trinajstić information content (AvgIpc) is 3.06. The Kier molecular flexibility index (Phi) is 4.66. The van der Waals surface area contributed by atoms with E-state index >= 15 is 0 Å². The van der Waals surface area contributed by atoms with Gasteiger partial charge in [-0.2, -0.15) is 0 Å². The lowest BCUT2D eigenvalue weighted by atomic mass is 9.90. The van der Waals surface area contributed by atoms with Crippen LogP contribution in [0.1, 0.15) is 46.3 Å². The summed E-state index contributed by atoms with van der Waals surface area (Å²) < 4.78 is 5.17. The fourth-order valence-corrected chi connectivity index (χ4v) is 3.75. The molecular formula is C20H21N5O2. The topological polar surface area (TPSA) is 85.0 Å². The van der Waals surface area contributed by atoms with Crippen molar-refractivity contribution in [2.24, 2.45) is 0 Å². The van der Waals surface area contributed by atoms with E-state index in [-0.39, 0.29) is 11.8 Å². The van der Waals surface area contributed by atoms with Crippen molar-refractivity contribution in [2.45, 2.75) is 32.6 Å². The highest BCUT2D eigenvalue weighted by atomic mass is 16.5. The van der Waals surface area contributed by atoms with Gasteiger partial charge in [-0.25, -0.2) is 9.97 Å². The number of nitrogens with zero attached hydrogens (tertiary/aromatic N) is 5. The number of aromatic nitrogens is 4. The molecule has 1 amide bonds.